The number of rotatable bonds is 8. The summed E-state index contributed by atoms with van der Waals surface area (Å²) in [4.78, 5) is 0. The van der Waals surface area contributed by atoms with E-state index in [0.717, 1.165) is 36.0 Å². The second kappa shape index (κ2) is 11.5. The number of benzene rings is 3. The van der Waals surface area contributed by atoms with Crippen LogP contribution in [-0.4, -0.2) is 0 Å². The molecule has 0 amide bonds. The fourth-order valence-electron chi connectivity index (χ4n) is 3.59. The van der Waals surface area contributed by atoms with E-state index in [4.69, 9.17) is 0 Å². The Morgan fingerprint density at radius 1 is 0.613 bits per heavy atom. The first-order chi connectivity index (χ1) is 15.1. The Labute approximate surface area is 185 Å². The summed E-state index contributed by atoms with van der Waals surface area (Å²) in [5.74, 6) is 4.39. The summed E-state index contributed by atoms with van der Waals surface area (Å²) >= 11 is 0. The maximum Gasteiger partial charge on any atom is 0.142 e. The van der Waals surface area contributed by atoms with E-state index in [9.17, 15) is 8.78 Å². The zero-order valence-corrected chi connectivity index (χ0v) is 18.5. The molecule has 0 spiro atoms. The fourth-order valence-corrected chi connectivity index (χ4v) is 3.59. The first kappa shape index (κ1) is 22.8. The minimum Gasteiger partial charge on any atom is -0.206 e. The lowest BCUT2D eigenvalue weighted by Crippen LogP contribution is -1.95. The third-order valence-corrected chi connectivity index (χ3v) is 5.49. The van der Waals surface area contributed by atoms with Gasteiger partial charge in [0.15, 0.2) is 0 Å². The Kier molecular flexibility index (Phi) is 8.42. The average Bonchev–Trinajstić information content (AvgIpc) is 2.78. The van der Waals surface area contributed by atoms with E-state index in [2.05, 4.69) is 50.0 Å². The third-order valence-electron chi connectivity index (χ3n) is 5.49. The molecular formula is C29H30F2. The van der Waals surface area contributed by atoms with Crippen LogP contribution in [0.4, 0.5) is 8.78 Å². The van der Waals surface area contributed by atoms with Crippen molar-refractivity contribution in [2.24, 2.45) is 0 Å². The molecule has 0 atom stereocenters. The molecule has 160 valence electrons. The van der Waals surface area contributed by atoms with Crippen molar-refractivity contribution in [2.75, 3.05) is 0 Å². The average molecular weight is 417 g/mol. The van der Waals surface area contributed by atoms with Crippen LogP contribution >= 0.6 is 0 Å². The normalized spacial score (nSPS) is 10.6. The lowest BCUT2D eigenvalue weighted by molar-refractivity contribution is 0.572. The van der Waals surface area contributed by atoms with Crippen LogP contribution in [0.1, 0.15) is 68.2 Å². The molecule has 0 saturated carbocycles. The van der Waals surface area contributed by atoms with Gasteiger partial charge < -0.3 is 0 Å². The van der Waals surface area contributed by atoms with Crippen LogP contribution in [0.2, 0.25) is 0 Å². The second-order valence-electron chi connectivity index (χ2n) is 8.02. The predicted octanol–water partition coefficient (Wildman–Crippen LogP) is 8.11. The Balaban J connectivity index is 1.70. The van der Waals surface area contributed by atoms with Gasteiger partial charge in [-0.1, -0.05) is 81.3 Å². The largest absolute Gasteiger partial charge is 0.206 e. The van der Waals surface area contributed by atoms with E-state index in [1.165, 1.54) is 37.0 Å². The van der Waals surface area contributed by atoms with E-state index in [1.54, 1.807) is 0 Å². The Hall–Kier alpha value is -2.92. The molecule has 0 aliphatic heterocycles. The molecule has 0 bridgehead atoms. The molecule has 0 saturated heterocycles. The van der Waals surface area contributed by atoms with Crippen LogP contribution in [0.3, 0.4) is 0 Å². The van der Waals surface area contributed by atoms with Gasteiger partial charge in [-0.2, -0.15) is 0 Å². The van der Waals surface area contributed by atoms with Gasteiger partial charge in [-0.05, 0) is 72.2 Å². The van der Waals surface area contributed by atoms with E-state index >= 15 is 0 Å². The minimum absolute atomic E-state index is 0.164. The van der Waals surface area contributed by atoms with Gasteiger partial charge in [-0.25, -0.2) is 8.78 Å². The van der Waals surface area contributed by atoms with Gasteiger partial charge in [0, 0.05) is 5.56 Å². The van der Waals surface area contributed by atoms with Gasteiger partial charge >= 0.3 is 0 Å². The summed E-state index contributed by atoms with van der Waals surface area (Å²) in [5.41, 5.74) is 4.87. The maximum atomic E-state index is 14.3. The molecule has 0 radical (unpaired) electrons. The van der Waals surface area contributed by atoms with Gasteiger partial charge in [0.2, 0.25) is 0 Å². The molecule has 0 N–H and O–H groups in total. The third kappa shape index (κ3) is 6.53. The highest BCUT2D eigenvalue weighted by Gasteiger charge is 2.09. The Morgan fingerprint density at radius 2 is 1.16 bits per heavy atom. The van der Waals surface area contributed by atoms with Crippen molar-refractivity contribution in [3.63, 3.8) is 0 Å². The summed E-state index contributed by atoms with van der Waals surface area (Å²) in [5, 5.41) is 0. The number of hydrogen-bond donors (Lipinski definition) is 0. The molecule has 0 fully saturated rings. The van der Waals surface area contributed by atoms with Gasteiger partial charge in [0.05, 0.1) is 5.56 Å². The molecule has 0 aliphatic carbocycles. The number of aryl methyl sites for hydroxylation is 2. The van der Waals surface area contributed by atoms with E-state index in [1.807, 2.05) is 24.3 Å². The van der Waals surface area contributed by atoms with Crippen molar-refractivity contribution in [3.05, 3.63) is 94.6 Å². The number of halogens is 2. The van der Waals surface area contributed by atoms with Crippen molar-refractivity contribution in [1.82, 2.24) is 0 Å². The van der Waals surface area contributed by atoms with Crippen LogP contribution in [0.5, 0.6) is 0 Å². The molecule has 0 nitrogen and oxygen atoms in total. The standard InChI is InChI=1S/C29H30F2/c1-3-5-7-9-22-10-15-25(16-11-22)26-17-12-23(13-18-26)14-19-27-28(30)20-24(8-6-4-2)21-29(27)31/h10-13,15-18,20-21H,3-9H2,1-2H3. The molecule has 0 aromatic heterocycles. The maximum absolute atomic E-state index is 14.3. The topological polar surface area (TPSA) is 0 Å². The zero-order chi connectivity index (χ0) is 22.1. The lowest BCUT2D eigenvalue weighted by Gasteiger charge is -2.05. The Morgan fingerprint density at radius 3 is 1.74 bits per heavy atom. The summed E-state index contributed by atoms with van der Waals surface area (Å²) < 4.78 is 28.6. The van der Waals surface area contributed by atoms with E-state index in [-0.39, 0.29) is 5.56 Å². The van der Waals surface area contributed by atoms with Crippen molar-refractivity contribution >= 4 is 0 Å². The fraction of sp³-hybridized carbons (Fsp3) is 0.310. The molecule has 0 heterocycles. The van der Waals surface area contributed by atoms with Crippen LogP contribution in [-0.2, 0) is 12.8 Å². The zero-order valence-electron chi connectivity index (χ0n) is 18.5. The lowest BCUT2D eigenvalue weighted by atomic mass is 10.0. The quantitative estimate of drug-likeness (QED) is 0.257. The predicted molar refractivity (Wildman–Crippen MR) is 126 cm³/mol. The molecule has 3 rings (SSSR count). The molecule has 31 heavy (non-hydrogen) atoms. The van der Waals surface area contributed by atoms with Gasteiger partial charge in [-0.15, -0.1) is 0 Å². The highest BCUT2D eigenvalue weighted by atomic mass is 19.1. The van der Waals surface area contributed by atoms with Crippen molar-refractivity contribution in [1.29, 1.82) is 0 Å². The monoisotopic (exact) mass is 416 g/mol. The van der Waals surface area contributed by atoms with Gasteiger partial charge in [0.1, 0.15) is 11.6 Å². The van der Waals surface area contributed by atoms with Crippen molar-refractivity contribution < 1.29 is 8.78 Å². The molecule has 2 heteroatoms. The summed E-state index contributed by atoms with van der Waals surface area (Å²) in [6.07, 6.45) is 7.43. The van der Waals surface area contributed by atoms with Crippen LogP contribution in [0.15, 0.2) is 60.7 Å². The van der Waals surface area contributed by atoms with Gasteiger partial charge in [0.25, 0.3) is 0 Å². The summed E-state index contributed by atoms with van der Waals surface area (Å²) in [6.45, 7) is 4.27. The van der Waals surface area contributed by atoms with E-state index < -0.39 is 11.6 Å². The van der Waals surface area contributed by atoms with E-state index in [0.29, 0.717) is 12.0 Å². The second-order valence-corrected chi connectivity index (χ2v) is 8.02. The smallest absolute Gasteiger partial charge is 0.142 e. The van der Waals surface area contributed by atoms with Crippen LogP contribution < -0.4 is 0 Å². The molecule has 0 aliphatic rings. The highest BCUT2D eigenvalue weighted by molar-refractivity contribution is 5.64. The Bertz CT molecular complexity index is 1010. The van der Waals surface area contributed by atoms with Gasteiger partial charge in [-0.3, -0.25) is 0 Å². The summed E-state index contributed by atoms with van der Waals surface area (Å²) in [6, 6.07) is 19.2. The summed E-state index contributed by atoms with van der Waals surface area (Å²) in [7, 11) is 0. The van der Waals surface area contributed by atoms with Crippen LogP contribution in [0, 0.1) is 23.5 Å². The number of hydrogen-bond acceptors (Lipinski definition) is 0. The van der Waals surface area contributed by atoms with Crippen molar-refractivity contribution in [3.8, 4) is 23.0 Å². The molecule has 3 aromatic rings. The highest BCUT2D eigenvalue weighted by Crippen LogP contribution is 2.21. The van der Waals surface area contributed by atoms with Crippen LogP contribution in [0.25, 0.3) is 11.1 Å². The first-order valence-corrected chi connectivity index (χ1v) is 11.3. The number of unbranched alkanes of at least 4 members (excludes halogenated alkanes) is 3. The SMILES string of the molecule is CCCCCc1ccc(-c2ccc(C#Cc3c(F)cc(CCCC)cc3F)cc2)cc1. The molecular weight excluding hydrogens is 386 g/mol. The minimum atomic E-state index is -0.589. The van der Waals surface area contributed by atoms with Crippen molar-refractivity contribution in [2.45, 2.75) is 58.8 Å². The first-order valence-electron chi connectivity index (χ1n) is 11.3. The molecule has 0 unspecified atom stereocenters. The molecule has 3 aromatic carbocycles.